The van der Waals surface area contributed by atoms with Gasteiger partial charge in [-0.25, -0.2) is 9.98 Å². The van der Waals surface area contributed by atoms with Crippen molar-refractivity contribution in [3.05, 3.63) is 52.2 Å². The van der Waals surface area contributed by atoms with Crippen molar-refractivity contribution in [3.63, 3.8) is 0 Å². The number of benzene rings is 1. The molecule has 0 radical (unpaired) electrons. The molecule has 0 unspecified atom stereocenters. The number of rotatable bonds is 5. The molecule has 1 aliphatic heterocycles. The van der Waals surface area contributed by atoms with E-state index < -0.39 is 0 Å². The number of hydrogen-bond acceptors (Lipinski definition) is 6. The maximum absolute atomic E-state index is 13.5. The lowest BCUT2D eigenvalue weighted by Gasteiger charge is -2.30. The van der Waals surface area contributed by atoms with Crippen LogP contribution in [0.2, 0.25) is 5.15 Å². The zero-order valence-corrected chi connectivity index (χ0v) is 19.1. The maximum Gasteiger partial charge on any atom is 0.267 e. The van der Waals surface area contributed by atoms with E-state index in [0.29, 0.717) is 32.4 Å². The van der Waals surface area contributed by atoms with Gasteiger partial charge in [0.2, 0.25) is 0 Å². The first-order chi connectivity index (χ1) is 15.1. The monoisotopic (exact) mass is 457 g/mol. The molecule has 1 aliphatic carbocycles. The number of ether oxygens (including phenoxy) is 2. The fraction of sp³-hybridized carbons (Fsp3) is 0.348. The Morgan fingerprint density at radius 3 is 2.71 bits per heavy atom. The lowest BCUT2D eigenvalue weighted by atomic mass is 9.94. The number of carbonyl (C=O) groups is 1. The quantitative estimate of drug-likeness (QED) is 0.426. The standard InChI is InChI=1S/C23H24ClN3O3S/c1-29-17-11-10-15(19(14-17)30-2)13-20-22(28)27(16-7-4-3-5-8-16)23(31-20)26-18-9-6-12-25-21(18)24/h6,9-14,16H,3-5,7-8H2,1-2H3/b20-13-,26-23?. The van der Waals surface area contributed by atoms with E-state index in [1.807, 2.05) is 23.1 Å². The predicted molar refractivity (Wildman–Crippen MR) is 125 cm³/mol. The Bertz CT molecular complexity index is 1030. The Hall–Kier alpha value is -2.51. The summed E-state index contributed by atoms with van der Waals surface area (Å²) in [6, 6.07) is 9.28. The highest BCUT2D eigenvalue weighted by atomic mass is 35.5. The Balaban J connectivity index is 1.73. The van der Waals surface area contributed by atoms with Gasteiger partial charge in [0.1, 0.15) is 17.2 Å². The smallest absolute Gasteiger partial charge is 0.267 e. The number of nitrogens with zero attached hydrogens (tertiary/aromatic N) is 3. The van der Waals surface area contributed by atoms with Gasteiger partial charge in [0.15, 0.2) is 10.3 Å². The molecule has 6 nitrogen and oxygen atoms in total. The third-order valence-electron chi connectivity index (χ3n) is 5.46. The van der Waals surface area contributed by atoms with Gasteiger partial charge in [-0.2, -0.15) is 0 Å². The molecule has 1 saturated carbocycles. The number of hydrogen-bond donors (Lipinski definition) is 0. The van der Waals surface area contributed by atoms with Crippen LogP contribution < -0.4 is 9.47 Å². The lowest BCUT2D eigenvalue weighted by molar-refractivity contribution is -0.124. The predicted octanol–water partition coefficient (Wildman–Crippen LogP) is 5.69. The largest absolute Gasteiger partial charge is 0.497 e. The number of amides is 1. The van der Waals surface area contributed by atoms with Crippen LogP contribution in [0, 0.1) is 0 Å². The number of halogens is 1. The number of pyridine rings is 1. The number of amidine groups is 1. The van der Waals surface area contributed by atoms with E-state index in [0.717, 1.165) is 31.2 Å². The number of thioether (sulfide) groups is 1. The molecule has 1 amide bonds. The average Bonchev–Trinajstić information content (AvgIpc) is 3.10. The summed E-state index contributed by atoms with van der Waals surface area (Å²) in [6.07, 6.45) is 8.87. The van der Waals surface area contributed by atoms with Crippen molar-refractivity contribution in [2.75, 3.05) is 14.2 Å². The minimum Gasteiger partial charge on any atom is -0.497 e. The Kier molecular flexibility index (Phi) is 6.83. The lowest BCUT2D eigenvalue weighted by Crippen LogP contribution is -2.40. The van der Waals surface area contributed by atoms with E-state index in [4.69, 9.17) is 26.1 Å². The van der Waals surface area contributed by atoms with Crippen molar-refractivity contribution in [1.29, 1.82) is 0 Å². The molecule has 0 N–H and O–H groups in total. The van der Waals surface area contributed by atoms with Crippen molar-refractivity contribution in [2.45, 2.75) is 38.1 Å². The van der Waals surface area contributed by atoms with Gasteiger partial charge in [0.25, 0.3) is 5.91 Å². The third kappa shape index (κ3) is 4.72. The van der Waals surface area contributed by atoms with Crippen LogP contribution in [-0.2, 0) is 4.79 Å². The molecule has 2 heterocycles. The van der Waals surface area contributed by atoms with Crippen molar-refractivity contribution in [3.8, 4) is 11.5 Å². The van der Waals surface area contributed by atoms with Crippen LogP contribution in [0.5, 0.6) is 11.5 Å². The minimum absolute atomic E-state index is 0.0338. The highest BCUT2D eigenvalue weighted by molar-refractivity contribution is 8.18. The minimum atomic E-state index is -0.0338. The molecule has 2 aliphatic rings. The van der Waals surface area contributed by atoms with Gasteiger partial charge in [-0.3, -0.25) is 9.69 Å². The van der Waals surface area contributed by atoms with E-state index in [2.05, 4.69) is 4.98 Å². The molecule has 1 saturated heterocycles. The van der Waals surface area contributed by atoms with Crippen LogP contribution in [0.3, 0.4) is 0 Å². The molecule has 0 bridgehead atoms. The second-order valence-electron chi connectivity index (χ2n) is 7.39. The van der Waals surface area contributed by atoms with Crippen molar-refractivity contribution >= 4 is 46.2 Å². The van der Waals surface area contributed by atoms with Crippen molar-refractivity contribution in [1.82, 2.24) is 9.88 Å². The molecular formula is C23H24ClN3O3S. The summed E-state index contributed by atoms with van der Waals surface area (Å²) in [5.41, 5.74) is 1.37. The molecule has 0 atom stereocenters. The molecule has 2 aromatic rings. The Morgan fingerprint density at radius 2 is 2.00 bits per heavy atom. The van der Waals surface area contributed by atoms with E-state index >= 15 is 0 Å². The molecule has 1 aromatic heterocycles. The van der Waals surface area contributed by atoms with Gasteiger partial charge in [0.05, 0.1) is 19.1 Å². The molecule has 31 heavy (non-hydrogen) atoms. The molecule has 4 rings (SSSR count). The van der Waals surface area contributed by atoms with Crippen LogP contribution in [0.15, 0.2) is 46.4 Å². The van der Waals surface area contributed by atoms with E-state index in [1.165, 1.54) is 18.2 Å². The number of aromatic nitrogens is 1. The number of carbonyl (C=O) groups excluding carboxylic acids is 1. The summed E-state index contributed by atoms with van der Waals surface area (Å²) in [4.78, 5) is 24.7. The van der Waals surface area contributed by atoms with Gasteiger partial charge >= 0.3 is 0 Å². The molecule has 8 heteroatoms. The normalized spacial score (nSPS) is 20.0. The fourth-order valence-corrected chi connectivity index (χ4v) is 5.07. The zero-order chi connectivity index (χ0) is 21.8. The summed E-state index contributed by atoms with van der Waals surface area (Å²) in [5.74, 6) is 1.31. The van der Waals surface area contributed by atoms with Gasteiger partial charge < -0.3 is 9.47 Å². The van der Waals surface area contributed by atoms with Gasteiger partial charge in [-0.1, -0.05) is 30.9 Å². The highest BCUT2D eigenvalue weighted by Crippen LogP contribution is 2.40. The van der Waals surface area contributed by atoms with Crippen LogP contribution in [0.1, 0.15) is 37.7 Å². The second kappa shape index (κ2) is 9.75. The first kappa shape index (κ1) is 21.7. The van der Waals surface area contributed by atoms with Gasteiger partial charge in [-0.05, 0) is 54.9 Å². The fourth-order valence-electron chi connectivity index (χ4n) is 3.87. The third-order valence-corrected chi connectivity index (χ3v) is 6.73. The zero-order valence-electron chi connectivity index (χ0n) is 17.5. The molecule has 162 valence electrons. The first-order valence-corrected chi connectivity index (χ1v) is 11.4. The average molecular weight is 458 g/mol. The second-order valence-corrected chi connectivity index (χ2v) is 8.76. The first-order valence-electron chi connectivity index (χ1n) is 10.2. The van der Waals surface area contributed by atoms with Crippen molar-refractivity contribution in [2.24, 2.45) is 4.99 Å². The highest BCUT2D eigenvalue weighted by Gasteiger charge is 2.39. The molecule has 2 fully saturated rings. The number of aliphatic imine (C=N–C) groups is 1. The summed E-state index contributed by atoms with van der Waals surface area (Å²) in [6.45, 7) is 0. The summed E-state index contributed by atoms with van der Waals surface area (Å²) in [7, 11) is 3.21. The van der Waals surface area contributed by atoms with E-state index in [1.54, 1.807) is 38.6 Å². The van der Waals surface area contributed by atoms with Crippen LogP contribution in [0.25, 0.3) is 6.08 Å². The summed E-state index contributed by atoms with van der Waals surface area (Å²) < 4.78 is 10.8. The molecular weight excluding hydrogens is 434 g/mol. The van der Waals surface area contributed by atoms with Gasteiger partial charge in [0, 0.05) is 23.9 Å². The van der Waals surface area contributed by atoms with Crippen LogP contribution in [0.4, 0.5) is 5.69 Å². The van der Waals surface area contributed by atoms with E-state index in [9.17, 15) is 4.79 Å². The molecule has 1 aromatic carbocycles. The summed E-state index contributed by atoms with van der Waals surface area (Å²) in [5, 5.41) is 0.964. The summed E-state index contributed by atoms with van der Waals surface area (Å²) >= 11 is 7.60. The van der Waals surface area contributed by atoms with Crippen LogP contribution in [-0.4, -0.2) is 41.2 Å². The van der Waals surface area contributed by atoms with Crippen LogP contribution >= 0.6 is 23.4 Å². The van der Waals surface area contributed by atoms with Crippen molar-refractivity contribution < 1.29 is 14.3 Å². The SMILES string of the molecule is COc1ccc(/C=C2\SC(=Nc3cccnc3Cl)N(C3CCCCC3)C2=O)c(OC)c1. The Morgan fingerprint density at radius 1 is 1.19 bits per heavy atom. The molecule has 0 spiro atoms. The number of methoxy groups -OCH3 is 2. The Labute approximate surface area is 191 Å². The maximum atomic E-state index is 13.5. The van der Waals surface area contributed by atoms with Gasteiger partial charge in [-0.15, -0.1) is 0 Å². The topological polar surface area (TPSA) is 64.0 Å². The van der Waals surface area contributed by atoms with E-state index in [-0.39, 0.29) is 11.9 Å².